The summed E-state index contributed by atoms with van der Waals surface area (Å²) in [6.07, 6.45) is 17.4. The van der Waals surface area contributed by atoms with E-state index in [9.17, 15) is 0 Å². The third-order valence-electron chi connectivity index (χ3n) is 2.10. The van der Waals surface area contributed by atoms with Crippen LogP contribution in [0.3, 0.4) is 0 Å². The summed E-state index contributed by atoms with van der Waals surface area (Å²) in [4.78, 5) is 0. The van der Waals surface area contributed by atoms with Gasteiger partial charge in [0.15, 0.2) is 0 Å². The lowest BCUT2D eigenvalue weighted by Gasteiger charge is -1.81. The maximum Gasteiger partial charge on any atom is -0.0354 e. The lowest BCUT2D eigenvalue weighted by molar-refractivity contribution is 0.816. The van der Waals surface area contributed by atoms with Crippen molar-refractivity contribution in [1.29, 1.82) is 0 Å². The summed E-state index contributed by atoms with van der Waals surface area (Å²) >= 11 is 0. The molecule has 0 unspecified atom stereocenters. The SMILES string of the molecule is C=CCC.C=CCC.C=CCCCC.C=CCCCC. The summed E-state index contributed by atoms with van der Waals surface area (Å²) in [5, 5.41) is 0. The van der Waals surface area contributed by atoms with Gasteiger partial charge in [0.1, 0.15) is 0 Å². The van der Waals surface area contributed by atoms with E-state index in [0.29, 0.717) is 0 Å². The summed E-state index contributed by atoms with van der Waals surface area (Å²) < 4.78 is 0. The molecule has 0 rings (SSSR count). The van der Waals surface area contributed by atoms with Crippen molar-refractivity contribution >= 4 is 0 Å². The van der Waals surface area contributed by atoms with Gasteiger partial charge in [-0.15, -0.1) is 26.3 Å². The average molecular weight is 281 g/mol. The number of allylic oxidation sites excluding steroid dienone is 4. The Bertz CT molecular complexity index is 145. The van der Waals surface area contributed by atoms with Crippen molar-refractivity contribution in [3.8, 4) is 0 Å². The Kier molecular flexibility index (Phi) is 58.8. The zero-order chi connectivity index (χ0) is 16.5. The molecule has 0 saturated heterocycles. The van der Waals surface area contributed by atoms with Crippen LogP contribution in [0.5, 0.6) is 0 Å². The quantitative estimate of drug-likeness (QED) is 0.313. The molecule has 0 atom stereocenters. The summed E-state index contributed by atoms with van der Waals surface area (Å²) in [5.41, 5.74) is 0. The predicted molar refractivity (Wildman–Crippen MR) is 100 cm³/mol. The first-order chi connectivity index (χ1) is 9.66. The predicted octanol–water partition coefficient (Wildman–Crippen LogP) is 7.89. The first-order valence-corrected chi connectivity index (χ1v) is 8.09. The van der Waals surface area contributed by atoms with Crippen LogP contribution in [-0.2, 0) is 0 Å². The Hall–Kier alpha value is -1.04. The molecule has 0 aromatic heterocycles. The number of hydrogen-bond donors (Lipinski definition) is 0. The van der Waals surface area contributed by atoms with Crippen LogP contribution in [0.2, 0.25) is 0 Å². The molecule has 0 radical (unpaired) electrons. The molecule has 120 valence electrons. The van der Waals surface area contributed by atoms with Crippen molar-refractivity contribution < 1.29 is 0 Å². The van der Waals surface area contributed by atoms with E-state index >= 15 is 0 Å². The molecule has 0 aliphatic rings. The van der Waals surface area contributed by atoms with E-state index in [2.05, 4.69) is 54.0 Å². The first kappa shape index (κ1) is 27.3. The van der Waals surface area contributed by atoms with Gasteiger partial charge in [-0.1, -0.05) is 77.7 Å². The summed E-state index contributed by atoms with van der Waals surface area (Å²) in [5.74, 6) is 0. The largest absolute Gasteiger partial charge is 0.103 e. The number of rotatable bonds is 8. The van der Waals surface area contributed by atoms with E-state index < -0.39 is 0 Å². The Morgan fingerprint density at radius 3 is 0.850 bits per heavy atom. The molecular formula is C20H40. The van der Waals surface area contributed by atoms with Crippen molar-refractivity contribution in [1.82, 2.24) is 0 Å². The van der Waals surface area contributed by atoms with E-state index in [-0.39, 0.29) is 0 Å². The monoisotopic (exact) mass is 280 g/mol. The zero-order valence-corrected chi connectivity index (χ0v) is 14.8. The second-order valence-corrected chi connectivity index (χ2v) is 4.26. The van der Waals surface area contributed by atoms with Crippen molar-refractivity contribution in [2.45, 2.75) is 79.1 Å². The van der Waals surface area contributed by atoms with E-state index in [1.165, 1.54) is 38.5 Å². The van der Waals surface area contributed by atoms with Crippen LogP contribution in [0.1, 0.15) is 79.1 Å². The minimum absolute atomic E-state index is 1.08. The summed E-state index contributed by atoms with van der Waals surface area (Å²) in [6, 6.07) is 0. The third kappa shape index (κ3) is 89.2. The van der Waals surface area contributed by atoms with Gasteiger partial charge in [-0.2, -0.15) is 0 Å². The average Bonchev–Trinajstić information content (AvgIpc) is 2.51. The van der Waals surface area contributed by atoms with Gasteiger partial charge in [0.05, 0.1) is 0 Å². The number of unbranched alkanes of at least 4 members (excludes halogenated alkanes) is 4. The van der Waals surface area contributed by atoms with Crippen molar-refractivity contribution in [2.24, 2.45) is 0 Å². The zero-order valence-electron chi connectivity index (χ0n) is 14.8. The minimum atomic E-state index is 1.08. The van der Waals surface area contributed by atoms with Crippen LogP contribution >= 0.6 is 0 Å². The standard InChI is InChI=1S/2C6H12.2C4H8/c2*1-3-5-6-4-2;2*1-3-4-2/h2*3H,1,4-6H2,2H3;2*3H,1,4H2,2H3. The van der Waals surface area contributed by atoms with Gasteiger partial charge in [-0.05, 0) is 25.7 Å². The first-order valence-electron chi connectivity index (χ1n) is 8.09. The van der Waals surface area contributed by atoms with Gasteiger partial charge < -0.3 is 0 Å². The van der Waals surface area contributed by atoms with Gasteiger partial charge in [0.2, 0.25) is 0 Å². The van der Waals surface area contributed by atoms with Crippen molar-refractivity contribution in [3.05, 3.63) is 50.6 Å². The normalized spacial score (nSPS) is 7.40. The van der Waals surface area contributed by atoms with Gasteiger partial charge in [-0.3, -0.25) is 0 Å². The number of hydrogen-bond acceptors (Lipinski definition) is 0. The van der Waals surface area contributed by atoms with E-state index in [1.54, 1.807) is 0 Å². The fourth-order valence-corrected chi connectivity index (χ4v) is 0.697. The molecule has 0 amide bonds. The molecule has 0 N–H and O–H groups in total. The maximum absolute atomic E-state index is 3.60. The molecule has 0 nitrogen and oxygen atoms in total. The Morgan fingerprint density at radius 1 is 0.550 bits per heavy atom. The molecular weight excluding hydrogens is 240 g/mol. The van der Waals surface area contributed by atoms with Crippen LogP contribution in [-0.4, -0.2) is 0 Å². The fourth-order valence-electron chi connectivity index (χ4n) is 0.697. The smallest absolute Gasteiger partial charge is 0.0354 e. The molecule has 0 aliphatic carbocycles. The topological polar surface area (TPSA) is 0 Å². The summed E-state index contributed by atoms with van der Waals surface area (Å²) in [7, 11) is 0. The highest BCUT2D eigenvalue weighted by Gasteiger charge is 1.71. The molecule has 0 aromatic rings. The highest BCUT2D eigenvalue weighted by atomic mass is 13.8. The summed E-state index contributed by atoms with van der Waals surface area (Å²) in [6.45, 7) is 22.6. The molecule has 0 bridgehead atoms. The highest BCUT2D eigenvalue weighted by molar-refractivity contribution is 4.64. The van der Waals surface area contributed by atoms with Crippen LogP contribution in [0.4, 0.5) is 0 Å². The second-order valence-electron chi connectivity index (χ2n) is 4.26. The molecule has 0 spiro atoms. The van der Waals surface area contributed by atoms with Crippen molar-refractivity contribution in [3.63, 3.8) is 0 Å². The van der Waals surface area contributed by atoms with E-state index in [4.69, 9.17) is 0 Å². The van der Waals surface area contributed by atoms with Crippen molar-refractivity contribution in [2.75, 3.05) is 0 Å². The lowest BCUT2D eigenvalue weighted by atomic mass is 10.3. The minimum Gasteiger partial charge on any atom is -0.103 e. The van der Waals surface area contributed by atoms with Crippen LogP contribution < -0.4 is 0 Å². The van der Waals surface area contributed by atoms with Crippen LogP contribution in [0.25, 0.3) is 0 Å². The molecule has 0 heteroatoms. The third-order valence-corrected chi connectivity index (χ3v) is 2.10. The molecule has 20 heavy (non-hydrogen) atoms. The van der Waals surface area contributed by atoms with E-state index in [0.717, 1.165) is 12.8 Å². The molecule has 0 heterocycles. The lowest BCUT2D eigenvalue weighted by Crippen LogP contribution is -1.61. The van der Waals surface area contributed by atoms with Gasteiger partial charge in [0, 0.05) is 0 Å². The molecule has 0 aromatic carbocycles. The van der Waals surface area contributed by atoms with Gasteiger partial charge in [-0.25, -0.2) is 0 Å². The molecule has 0 fully saturated rings. The van der Waals surface area contributed by atoms with Gasteiger partial charge in [0.25, 0.3) is 0 Å². The Morgan fingerprint density at radius 2 is 0.800 bits per heavy atom. The van der Waals surface area contributed by atoms with Crippen LogP contribution in [0, 0.1) is 0 Å². The van der Waals surface area contributed by atoms with Crippen LogP contribution in [0.15, 0.2) is 50.6 Å². The van der Waals surface area contributed by atoms with E-state index in [1.807, 2.05) is 24.3 Å². The second kappa shape index (κ2) is 43.0. The highest BCUT2D eigenvalue weighted by Crippen LogP contribution is 1.91. The van der Waals surface area contributed by atoms with Gasteiger partial charge >= 0.3 is 0 Å². The maximum atomic E-state index is 3.60. The fraction of sp³-hybridized carbons (Fsp3) is 0.600. The molecule has 0 aliphatic heterocycles. The Balaban J connectivity index is -0.0000000871. The Labute approximate surface area is 130 Å². The molecule has 0 saturated carbocycles.